The summed E-state index contributed by atoms with van der Waals surface area (Å²) in [4.78, 5) is 5.19. The normalized spacial score (nSPS) is 12.8. The van der Waals surface area contributed by atoms with Crippen molar-refractivity contribution in [2.24, 2.45) is 0 Å². The van der Waals surface area contributed by atoms with Crippen molar-refractivity contribution < 1.29 is 0 Å². The maximum Gasteiger partial charge on any atom is 0.333 e. The molecule has 2 aliphatic rings. The molecule has 11 rings (SSSR count). The molecular formula is C52H37BN2. The van der Waals surface area contributed by atoms with Gasteiger partial charge >= 0.3 is 6.85 Å². The average Bonchev–Trinajstić information content (AvgIpc) is 3.24. The van der Waals surface area contributed by atoms with Gasteiger partial charge in [0.05, 0.1) is 0 Å². The molecule has 0 aliphatic carbocycles. The molecular weight excluding hydrogens is 663 g/mol. The second-order valence-corrected chi connectivity index (χ2v) is 15.1. The lowest BCUT2D eigenvalue weighted by molar-refractivity contribution is 1.24. The zero-order valence-electron chi connectivity index (χ0n) is 30.9. The Morgan fingerprint density at radius 1 is 0.418 bits per heavy atom. The first kappa shape index (κ1) is 31.7. The van der Waals surface area contributed by atoms with Crippen molar-refractivity contribution in [2.45, 2.75) is 13.8 Å². The van der Waals surface area contributed by atoms with Crippen LogP contribution >= 0.6 is 0 Å². The van der Waals surface area contributed by atoms with Crippen LogP contribution in [0.5, 0.6) is 0 Å². The van der Waals surface area contributed by atoms with E-state index in [4.69, 9.17) is 0 Å². The van der Waals surface area contributed by atoms with E-state index in [1.165, 1.54) is 105 Å². The number of hydrogen-bond acceptors (Lipinski definition) is 2. The molecule has 0 N–H and O–H groups in total. The van der Waals surface area contributed by atoms with Gasteiger partial charge in [0.2, 0.25) is 0 Å². The SMILES string of the molecule is Cc1cc2c3c(c1)N(c1cc(-c4ccccc4)ccc1C)c1cc4ccccc4cc1B3N(c1ccc(-c3ccccc3)cc1)c1ccc3ccccc3c1-2. The van der Waals surface area contributed by atoms with Crippen LogP contribution in [0, 0.1) is 13.8 Å². The van der Waals surface area contributed by atoms with Crippen molar-refractivity contribution in [3.8, 4) is 33.4 Å². The Bertz CT molecular complexity index is 2950. The molecule has 0 amide bonds. The zero-order valence-corrected chi connectivity index (χ0v) is 30.9. The predicted molar refractivity (Wildman–Crippen MR) is 236 cm³/mol. The number of benzene rings is 9. The fraction of sp³-hybridized carbons (Fsp3) is 0.0385. The summed E-state index contributed by atoms with van der Waals surface area (Å²) in [6.07, 6.45) is 0. The van der Waals surface area contributed by atoms with Crippen LogP contribution in [0.15, 0.2) is 188 Å². The highest BCUT2D eigenvalue weighted by Crippen LogP contribution is 2.50. The van der Waals surface area contributed by atoms with Crippen molar-refractivity contribution in [3.63, 3.8) is 0 Å². The van der Waals surface area contributed by atoms with E-state index < -0.39 is 0 Å². The molecule has 2 heterocycles. The topological polar surface area (TPSA) is 6.48 Å². The van der Waals surface area contributed by atoms with Gasteiger partial charge in [-0.15, -0.1) is 0 Å². The zero-order chi connectivity index (χ0) is 36.6. The van der Waals surface area contributed by atoms with Crippen molar-refractivity contribution in [1.29, 1.82) is 0 Å². The van der Waals surface area contributed by atoms with Gasteiger partial charge in [0, 0.05) is 34.0 Å². The summed E-state index contributed by atoms with van der Waals surface area (Å²) in [5.41, 5.74) is 18.7. The van der Waals surface area contributed by atoms with Gasteiger partial charge in [-0.3, -0.25) is 0 Å². The Hall–Kier alpha value is -6.84. The van der Waals surface area contributed by atoms with Gasteiger partial charge in [0.25, 0.3) is 0 Å². The molecule has 0 spiro atoms. The highest BCUT2D eigenvalue weighted by molar-refractivity contribution is 6.94. The van der Waals surface area contributed by atoms with Gasteiger partial charge in [-0.2, -0.15) is 0 Å². The van der Waals surface area contributed by atoms with Crippen molar-refractivity contribution in [1.82, 2.24) is 0 Å². The summed E-state index contributed by atoms with van der Waals surface area (Å²) >= 11 is 0. The molecule has 0 unspecified atom stereocenters. The summed E-state index contributed by atoms with van der Waals surface area (Å²) in [5, 5.41) is 5.01. The molecule has 0 saturated carbocycles. The lowest BCUT2D eigenvalue weighted by Gasteiger charge is -2.46. The average molecular weight is 701 g/mol. The van der Waals surface area contributed by atoms with Gasteiger partial charge in [0.1, 0.15) is 0 Å². The first-order valence-electron chi connectivity index (χ1n) is 19.2. The summed E-state index contributed by atoms with van der Waals surface area (Å²) in [6.45, 7) is 4.45. The van der Waals surface area contributed by atoms with Crippen LogP contribution in [0.2, 0.25) is 0 Å². The van der Waals surface area contributed by atoms with Gasteiger partial charge in [-0.25, -0.2) is 0 Å². The summed E-state index contributed by atoms with van der Waals surface area (Å²) in [5.74, 6) is 0. The van der Waals surface area contributed by atoms with Gasteiger partial charge in [-0.1, -0.05) is 152 Å². The van der Waals surface area contributed by atoms with E-state index in [2.05, 4.69) is 212 Å². The summed E-state index contributed by atoms with van der Waals surface area (Å²) in [6, 6.07) is 69.7. The number of anilines is 5. The van der Waals surface area contributed by atoms with Gasteiger partial charge in [-0.05, 0) is 122 Å². The lowest BCUT2D eigenvalue weighted by atomic mass is 9.43. The van der Waals surface area contributed by atoms with Crippen LogP contribution in [0.1, 0.15) is 11.1 Å². The summed E-state index contributed by atoms with van der Waals surface area (Å²) < 4.78 is 0. The Labute approximate surface area is 322 Å². The summed E-state index contributed by atoms with van der Waals surface area (Å²) in [7, 11) is 0. The number of hydrogen-bond donors (Lipinski definition) is 0. The Morgan fingerprint density at radius 3 is 1.78 bits per heavy atom. The fourth-order valence-electron chi connectivity index (χ4n) is 9.21. The number of aryl methyl sites for hydroxylation is 2. The first-order valence-corrected chi connectivity index (χ1v) is 19.2. The third-order valence-corrected chi connectivity index (χ3v) is 11.8. The van der Waals surface area contributed by atoms with Gasteiger partial charge < -0.3 is 9.71 Å². The molecule has 0 radical (unpaired) electrons. The maximum atomic E-state index is 2.62. The largest absolute Gasteiger partial charge is 0.376 e. The maximum absolute atomic E-state index is 2.62. The van der Waals surface area contributed by atoms with E-state index >= 15 is 0 Å². The van der Waals surface area contributed by atoms with Crippen molar-refractivity contribution >= 4 is 67.8 Å². The van der Waals surface area contributed by atoms with E-state index in [0.717, 1.165) is 0 Å². The second kappa shape index (κ2) is 12.4. The monoisotopic (exact) mass is 700 g/mol. The number of nitrogens with zero attached hydrogens (tertiary/aromatic N) is 2. The molecule has 9 aromatic carbocycles. The van der Waals surface area contributed by atoms with Gasteiger partial charge in [0.15, 0.2) is 0 Å². The number of fused-ring (bicyclic) bond motifs is 7. The molecule has 55 heavy (non-hydrogen) atoms. The first-order chi connectivity index (χ1) is 27.1. The third kappa shape index (κ3) is 4.97. The molecule has 9 aromatic rings. The molecule has 258 valence electrons. The molecule has 2 aliphatic heterocycles. The minimum Gasteiger partial charge on any atom is -0.376 e. The molecule has 0 bridgehead atoms. The van der Waals surface area contributed by atoms with Crippen LogP contribution in [-0.2, 0) is 0 Å². The second-order valence-electron chi connectivity index (χ2n) is 15.1. The standard InChI is InChI=1S/C52H37BN2/c1-34-29-45-51-44-20-12-11-17-39(44)25-28-47(51)55(43-26-23-38(24-27-43)36-13-5-3-6-14-36)53-46-31-40-18-9-10-19-41(40)33-49(46)54(50(30-34)52(45)53)48-32-42(22-21-35(48)2)37-15-7-4-8-16-37/h3-33H,1-2H3. The van der Waals surface area contributed by atoms with E-state index in [1.54, 1.807) is 0 Å². The minimum absolute atomic E-state index is 0.0599. The van der Waals surface area contributed by atoms with Crippen LogP contribution in [0.3, 0.4) is 0 Å². The van der Waals surface area contributed by atoms with E-state index in [9.17, 15) is 0 Å². The predicted octanol–water partition coefficient (Wildman–Crippen LogP) is 12.7. The Kier molecular flexibility index (Phi) is 7.12. The molecule has 0 atom stereocenters. The Morgan fingerprint density at radius 2 is 1.04 bits per heavy atom. The Balaban J connectivity index is 1.24. The third-order valence-electron chi connectivity index (χ3n) is 11.8. The smallest absolute Gasteiger partial charge is 0.333 e. The highest BCUT2D eigenvalue weighted by atomic mass is 15.2. The van der Waals surface area contributed by atoms with Crippen LogP contribution in [0.25, 0.3) is 54.9 Å². The fourth-order valence-corrected chi connectivity index (χ4v) is 9.21. The number of rotatable bonds is 4. The molecule has 0 fully saturated rings. The molecule has 3 heteroatoms. The van der Waals surface area contributed by atoms with E-state index in [1.807, 2.05) is 0 Å². The lowest BCUT2D eigenvalue weighted by Crippen LogP contribution is -2.61. The van der Waals surface area contributed by atoms with E-state index in [-0.39, 0.29) is 6.85 Å². The molecule has 2 nitrogen and oxygen atoms in total. The van der Waals surface area contributed by atoms with Crippen LogP contribution in [0.4, 0.5) is 28.4 Å². The minimum atomic E-state index is -0.0599. The highest BCUT2D eigenvalue weighted by Gasteiger charge is 2.45. The van der Waals surface area contributed by atoms with Crippen LogP contribution in [-0.4, -0.2) is 6.85 Å². The van der Waals surface area contributed by atoms with Crippen molar-refractivity contribution in [3.05, 3.63) is 199 Å². The van der Waals surface area contributed by atoms with Crippen molar-refractivity contribution in [2.75, 3.05) is 9.71 Å². The molecule has 0 saturated heterocycles. The van der Waals surface area contributed by atoms with E-state index in [0.29, 0.717) is 0 Å². The quantitative estimate of drug-likeness (QED) is 0.169. The van der Waals surface area contributed by atoms with Crippen LogP contribution < -0.4 is 20.6 Å². The molecule has 0 aromatic heterocycles.